The highest BCUT2D eigenvalue weighted by atomic mass is 19.1. The average Bonchev–Trinajstić information content (AvgIpc) is 3.32. The van der Waals surface area contributed by atoms with Gasteiger partial charge in [-0.1, -0.05) is 66.9 Å². The van der Waals surface area contributed by atoms with Crippen LogP contribution >= 0.6 is 0 Å². The van der Waals surface area contributed by atoms with Crippen LogP contribution < -0.4 is 0 Å². The van der Waals surface area contributed by atoms with Crippen LogP contribution in [0.5, 0.6) is 0 Å². The molecule has 0 amide bonds. The fraction of sp³-hybridized carbons (Fsp3) is 0.370. The van der Waals surface area contributed by atoms with Crippen LogP contribution in [0.4, 0.5) is 9.18 Å². The summed E-state index contributed by atoms with van der Waals surface area (Å²) in [4.78, 5) is 17.3. The molecule has 2 fully saturated rings. The number of nitrogens with zero attached hydrogens (tertiary/aromatic N) is 3. The van der Waals surface area contributed by atoms with Crippen LogP contribution in [0.2, 0.25) is 0 Å². The molecule has 5 rings (SSSR count). The molecule has 1 saturated heterocycles. The molecule has 1 aliphatic heterocycles. The topological polar surface area (TPSA) is 88.7 Å². The molecular formula is C27H28FN3O4. The van der Waals surface area contributed by atoms with Crippen molar-refractivity contribution in [2.75, 3.05) is 13.1 Å². The molecule has 1 aromatic heterocycles. The maximum Gasteiger partial charge on any atom is 0.506 e. The van der Waals surface area contributed by atoms with Crippen molar-refractivity contribution in [3.63, 3.8) is 0 Å². The summed E-state index contributed by atoms with van der Waals surface area (Å²) in [5, 5.41) is 12.8. The maximum absolute atomic E-state index is 13.5. The minimum absolute atomic E-state index is 0.145. The van der Waals surface area contributed by atoms with Gasteiger partial charge in [0.1, 0.15) is 11.9 Å². The molecule has 8 heteroatoms. The van der Waals surface area contributed by atoms with E-state index in [4.69, 9.17) is 14.4 Å². The van der Waals surface area contributed by atoms with E-state index >= 15 is 0 Å². The number of hydrogen-bond acceptors (Lipinski definition) is 6. The molecule has 1 N–H and O–H groups in total. The first-order valence-corrected chi connectivity index (χ1v) is 12.0. The second-order valence-electron chi connectivity index (χ2n) is 9.41. The SMILES string of the molecule is O=C(O)OC1CN(Cc2ccc(-c3noc(/C=C/C4(c5ccc(F)cc5)CCCCC4)n3)cc2)C1. The maximum atomic E-state index is 13.5. The molecule has 2 heterocycles. The quantitative estimate of drug-likeness (QED) is 0.439. The van der Waals surface area contributed by atoms with Crippen LogP contribution in [0, 0.1) is 5.82 Å². The summed E-state index contributed by atoms with van der Waals surface area (Å²) >= 11 is 0. The second kappa shape index (κ2) is 10.00. The molecule has 2 aromatic carbocycles. The van der Waals surface area contributed by atoms with Crippen molar-refractivity contribution >= 4 is 12.2 Å². The van der Waals surface area contributed by atoms with Crippen LogP contribution in [0.15, 0.2) is 59.1 Å². The summed E-state index contributed by atoms with van der Waals surface area (Å²) in [5.41, 5.74) is 2.95. The summed E-state index contributed by atoms with van der Waals surface area (Å²) < 4.78 is 23.7. The number of aromatic nitrogens is 2. The van der Waals surface area contributed by atoms with Crippen LogP contribution in [-0.2, 0) is 16.7 Å². The lowest BCUT2D eigenvalue weighted by molar-refractivity contribution is -0.0363. The van der Waals surface area contributed by atoms with Crippen molar-refractivity contribution in [2.24, 2.45) is 0 Å². The van der Waals surface area contributed by atoms with Gasteiger partial charge in [0.25, 0.3) is 5.89 Å². The van der Waals surface area contributed by atoms with Gasteiger partial charge in [0.2, 0.25) is 5.82 Å². The molecule has 0 unspecified atom stereocenters. The molecule has 2 aliphatic rings. The Labute approximate surface area is 203 Å². The lowest BCUT2D eigenvalue weighted by Gasteiger charge is -2.37. The first-order chi connectivity index (χ1) is 17.0. The monoisotopic (exact) mass is 477 g/mol. The Morgan fingerprint density at radius 3 is 2.51 bits per heavy atom. The zero-order valence-electron chi connectivity index (χ0n) is 19.4. The normalized spacial score (nSPS) is 18.4. The third-order valence-electron chi connectivity index (χ3n) is 6.96. The number of carbonyl (C=O) groups is 1. The Bertz CT molecular complexity index is 1180. The van der Waals surface area contributed by atoms with Crippen molar-refractivity contribution in [3.05, 3.63) is 77.4 Å². The van der Waals surface area contributed by atoms with E-state index in [1.807, 2.05) is 42.5 Å². The zero-order valence-corrected chi connectivity index (χ0v) is 19.4. The highest BCUT2D eigenvalue weighted by Gasteiger charge is 2.32. The lowest BCUT2D eigenvalue weighted by Crippen LogP contribution is -2.52. The van der Waals surface area contributed by atoms with Crippen LogP contribution in [0.25, 0.3) is 17.5 Å². The summed E-state index contributed by atoms with van der Waals surface area (Å²) in [6.07, 6.45) is 8.07. The Morgan fingerprint density at radius 1 is 1.11 bits per heavy atom. The number of rotatable bonds is 7. The van der Waals surface area contributed by atoms with Gasteiger partial charge < -0.3 is 14.4 Å². The number of benzene rings is 2. The average molecular weight is 478 g/mol. The standard InChI is InChI=1S/C27H28FN3O4/c28-22-10-8-21(9-11-22)27(13-2-1-3-14-27)15-12-24-29-25(30-35-24)20-6-4-19(5-7-20)16-31-17-23(18-31)34-26(32)33/h4-12,15,23H,1-3,13-14,16-18H2,(H,32,33)/b15-12+. The molecule has 1 aliphatic carbocycles. The Kier molecular flexibility index (Phi) is 6.63. The fourth-order valence-corrected chi connectivity index (χ4v) is 5.05. The minimum atomic E-state index is -1.22. The number of halogens is 1. The highest BCUT2D eigenvalue weighted by molar-refractivity contribution is 5.57. The molecule has 7 nitrogen and oxygen atoms in total. The van der Waals surface area contributed by atoms with Gasteiger partial charge in [-0.25, -0.2) is 9.18 Å². The molecule has 0 spiro atoms. The number of allylic oxidation sites excluding steroid dienone is 1. The van der Waals surface area contributed by atoms with E-state index in [1.165, 1.54) is 18.6 Å². The molecule has 0 bridgehead atoms. The van der Waals surface area contributed by atoms with E-state index in [-0.39, 0.29) is 17.3 Å². The van der Waals surface area contributed by atoms with Crippen molar-refractivity contribution in [1.29, 1.82) is 0 Å². The van der Waals surface area contributed by atoms with Crippen LogP contribution in [0.1, 0.15) is 49.1 Å². The molecule has 3 aromatic rings. The van der Waals surface area contributed by atoms with E-state index in [2.05, 4.69) is 21.1 Å². The number of carboxylic acid groups (broad SMARTS) is 1. The van der Waals surface area contributed by atoms with Gasteiger partial charge in [-0.3, -0.25) is 4.90 Å². The fourth-order valence-electron chi connectivity index (χ4n) is 5.05. The second-order valence-corrected chi connectivity index (χ2v) is 9.41. The summed E-state index contributed by atoms with van der Waals surface area (Å²) in [6.45, 7) is 1.94. The highest BCUT2D eigenvalue weighted by Crippen LogP contribution is 2.41. The van der Waals surface area contributed by atoms with Gasteiger partial charge >= 0.3 is 6.16 Å². The minimum Gasteiger partial charge on any atom is -0.450 e. The Balaban J connectivity index is 1.24. The molecule has 1 saturated carbocycles. The molecular weight excluding hydrogens is 449 g/mol. The van der Waals surface area contributed by atoms with Gasteiger partial charge in [-0.2, -0.15) is 4.98 Å². The summed E-state index contributed by atoms with van der Waals surface area (Å²) in [6, 6.07) is 14.8. The van der Waals surface area contributed by atoms with Crippen molar-refractivity contribution in [3.8, 4) is 11.4 Å². The molecule has 182 valence electrons. The zero-order chi connectivity index (χ0) is 24.3. The number of likely N-dealkylation sites (tertiary alicyclic amines) is 1. The van der Waals surface area contributed by atoms with Crippen LogP contribution in [-0.4, -0.2) is 45.5 Å². The van der Waals surface area contributed by atoms with Gasteiger partial charge in [-0.05, 0) is 36.1 Å². The first kappa shape index (κ1) is 23.2. The molecule has 35 heavy (non-hydrogen) atoms. The smallest absolute Gasteiger partial charge is 0.450 e. The summed E-state index contributed by atoms with van der Waals surface area (Å²) in [7, 11) is 0. The van der Waals surface area contributed by atoms with Crippen molar-refractivity contribution < 1.29 is 23.6 Å². The van der Waals surface area contributed by atoms with E-state index in [1.54, 1.807) is 0 Å². The third-order valence-corrected chi connectivity index (χ3v) is 6.96. The summed E-state index contributed by atoms with van der Waals surface area (Å²) in [5.74, 6) is 0.744. The molecule has 0 atom stereocenters. The third kappa shape index (κ3) is 5.43. The van der Waals surface area contributed by atoms with E-state index in [0.29, 0.717) is 24.8 Å². The molecule has 0 radical (unpaired) electrons. The van der Waals surface area contributed by atoms with Gasteiger partial charge in [0.05, 0.1) is 0 Å². The Hall–Kier alpha value is -3.52. The van der Waals surface area contributed by atoms with Crippen molar-refractivity contribution in [1.82, 2.24) is 15.0 Å². The van der Waals surface area contributed by atoms with Crippen LogP contribution in [0.3, 0.4) is 0 Å². The van der Waals surface area contributed by atoms with Gasteiger partial charge in [0, 0.05) is 36.7 Å². The van der Waals surface area contributed by atoms with Gasteiger partial charge in [-0.15, -0.1) is 0 Å². The van der Waals surface area contributed by atoms with E-state index in [0.717, 1.165) is 48.9 Å². The first-order valence-electron chi connectivity index (χ1n) is 12.0. The van der Waals surface area contributed by atoms with Crippen molar-refractivity contribution in [2.45, 2.75) is 50.2 Å². The predicted octanol–water partition coefficient (Wildman–Crippen LogP) is 5.67. The van der Waals surface area contributed by atoms with Gasteiger partial charge in [0.15, 0.2) is 0 Å². The van der Waals surface area contributed by atoms with E-state index in [9.17, 15) is 9.18 Å². The largest absolute Gasteiger partial charge is 0.506 e. The Morgan fingerprint density at radius 2 is 1.83 bits per heavy atom. The number of hydrogen-bond donors (Lipinski definition) is 1. The predicted molar refractivity (Wildman–Crippen MR) is 128 cm³/mol. The van der Waals surface area contributed by atoms with E-state index < -0.39 is 6.16 Å². The lowest BCUT2D eigenvalue weighted by atomic mass is 9.69. The number of ether oxygens (including phenoxy) is 1.